The van der Waals surface area contributed by atoms with Gasteiger partial charge in [-0.05, 0) is 31.2 Å². The average molecular weight is 340 g/mol. The zero-order valence-electron chi connectivity index (χ0n) is 14.7. The Hall–Kier alpha value is -1.78. The van der Waals surface area contributed by atoms with Crippen molar-refractivity contribution in [1.82, 2.24) is 0 Å². The van der Waals surface area contributed by atoms with Crippen LogP contribution in [0, 0.1) is 5.82 Å². The molecule has 5 heteroatoms. The van der Waals surface area contributed by atoms with Gasteiger partial charge < -0.3 is 14.9 Å². The van der Waals surface area contributed by atoms with E-state index in [9.17, 15) is 14.3 Å². The summed E-state index contributed by atoms with van der Waals surface area (Å²) >= 11 is 0. The molecule has 0 unspecified atom stereocenters. The summed E-state index contributed by atoms with van der Waals surface area (Å²) in [5.74, 6) is -1.05. The van der Waals surface area contributed by atoms with Gasteiger partial charge in [0, 0.05) is 11.6 Å². The van der Waals surface area contributed by atoms with Crippen LogP contribution in [0.1, 0.15) is 76.3 Å². The molecule has 0 aliphatic rings. The van der Waals surface area contributed by atoms with E-state index < -0.39 is 12.0 Å². The Morgan fingerprint density at radius 1 is 1.00 bits per heavy atom. The number of ether oxygens (including phenoxy) is 1. The summed E-state index contributed by atoms with van der Waals surface area (Å²) in [6.07, 6.45) is 7.59. The lowest BCUT2D eigenvalue weighted by atomic mass is 9.94. The van der Waals surface area contributed by atoms with Gasteiger partial charge >= 0.3 is 6.16 Å². The van der Waals surface area contributed by atoms with Crippen molar-refractivity contribution in [2.75, 3.05) is 0 Å². The van der Waals surface area contributed by atoms with Crippen molar-refractivity contribution in [3.05, 3.63) is 23.0 Å². The van der Waals surface area contributed by atoms with Crippen LogP contribution in [0.3, 0.4) is 0 Å². The predicted octanol–water partition coefficient (Wildman–Crippen LogP) is 5.83. The lowest BCUT2D eigenvalue weighted by Crippen LogP contribution is -2.07. The van der Waals surface area contributed by atoms with Crippen LogP contribution in [0.5, 0.6) is 11.5 Å². The molecule has 0 aromatic heterocycles. The normalized spacial score (nSPS) is 10.8. The average Bonchev–Trinajstić information content (AvgIpc) is 2.53. The van der Waals surface area contributed by atoms with E-state index in [4.69, 9.17) is 5.11 Å². The zero-order valence-corrected chi connectivity index (χ0v) is 14.7. The molecular formula is C19H29FO4. The summed E-state index contributed by atoms with van der Waals surface area (Å²) in [5.41, 5.74) is 0.997. The summed E-state index contributed by atoms with van der Waals surface area (Å²) in [6, 6.07) is 0.980. The van der Waals surface area contributed by atoms with Gasteiger partial charge in [0.05, 0.1) is 0 Å². The molecular weight excluding hydrogens is 311 g/mol. The third-order valence-electron chi connectivity index (χ3n) is 4.19. The van der Waals surface area contributed by atoms with Crippen molar-refractivity contribution in [3.63, 3.8) is 0 Å². The molecule has 1 rings (SSSR count). The molecule has 0 aliphatic heterocycles. The summed E-state index contributed by atoms with van der Waals surface area (Å²) in [4.78, 5) is 10.7. The van der Waals surface area contributed by atoms with Crippen LogP contribution >= 0.6 is 0 Å². The zero-order chi connectivity index (χ0) is 17.9. The fraction of sp³-hybridized carbons (Fsp3) is 0.632. The predicted molar refractivity (Wildman–Crippen MR) is 92.4 cm³/mol. The molecule has 0 amide bonds. The number of hydrogen-bond donors (Lipinski definition) is 2. The Balaban J connectivity index is 2.99. The fourth-order valence-electron chi connectivity index (χ4n) is 2.87. The second-order valence-electron chi connectivity index (χ2n) is 6.15. The van der Waals surface area contributed by atoms with Crippen LogP contribution in [-0.4, -0.2) is 16.4 Å². The maximum Gasteiger partial charge on any atom is 0.511 e. The third-order valence-corrected chi connectivity index (χ3v) is 4.19. The van der Waals surface area contributed by atoms with Gasteiger partial charge in [0.2, 0.25) is 0 Å². The Morgan fingerprint density at radius 3 is 2.04 bits per heavy atom. The second-order valence-corrected chi connectivity index (χ2v) is 6.15. The minimum absolute atomic E-state index is 0.235. The molecule has 0 fully saturated rings. The number of aromatic hydroxyl groups is 1. The molecule has 2 N–H and O–H groups in total. The highest BCUT2D eigenvalue weighted by Gasteiger charge is 2.20. The van der Waals surface area contributed by atoms with Gasteiger partial charge in [-0.2, -0.15) is 0 Å². The monoisotopic (exact) mass is 340 g/mol. The van der Waals surface area contributed by atoms with E-state index in [0.29, 0.717) is 24.0 Å². The van der Waals surface area contributed by atoms with Crippen LogP contribution in [0.4, 0.5) is 9.18 Å². The van der Waals surface area contributed by atoms with E-state index >= 15 is 0 Å². The van der Waals surface area contributed by atoms with E-state index in [1.807, 2.05) is 0 Å². The van der Waals surface area contributed by atoms with Crippen LogP contribution in [-0.2, 0) is 12.8 Å². The van der Waals surface area contributed by atoms with Crippen molar-refractivity contribution < 1.29 is 24.1 Å². The molecule has 0 heterocycles. The van der Waals surface area contributed by atoms with Crippen LogP contribution in [0.25, 0.3) is 0 Å². The van der Waals surface area contributed by atoms with E-state index in [2.05, 4.69) is 18.6 Å². The molecule has 1 aromatic carbocycles. The van der Waals surface area contributed by atoms with Gasteiger partial charge in [0.1, 0.15) is 5.82 Å². The highest BCUT2D eigenvalue weighted by atomic mass is 19.1. The molecule has 4 nitrogen and oxygen atoms in total. The fourth-order valence-corrected chi connectivity index (χ4v) is 2.87. The molecule has 0 saturated carbocycles. The maximum atomic E-state index is 14.4. The van der Waals surface area contributed by atoms with Gasteiger partial charge in [-0.3, -0.25) is 0 Å². The molecule has 24 heavy (non-hydrogen) atoms. The van der Waals surface area contributed by atoms with Crippen molar-refractivity contribution in [1.29, 1.82) is 0 Å². The Labute approximate surface area is 143 Å². The first kappa shape index (κ1) is 20.3. The number of unbranched alkanes of at least 4 members (excludes halogenated alkanes) is 6. The number of phenols is 1. The van der Waals surface area contributed by atoms with Gasteiger partial charge in [-0.1, -0.05) is 52.4 Å². The molecule has 1 aromatic rings. The summed E-state index contributed by atoms with van der Waals surface area (Å²) < 4.78 is 19.0. The molecule has 136 valence electrons. The Kier molecular flexibility index (Phi) is 9.20. The van der Waals surface area contributed by atoms with Crippen LogP contribution in [0.2, 0.25) is 0 Å². The second kappa shape index (κ2) is 10.9. The van der Waals surface area contributed by atoms with Crippen molar-refractivity contribution in [2.45, 2.75) is 78.1 Å². The summed E-state index contributed by atoms with van der Waals surface area (Å²) in [5, 5.41) is 19.1. The van der Waals surface area contributed by atoms with Crippen LogP contribution < -0.4 is 4.74 Å². The molecule has 0 atom stereocenters. The Morgan fingerprint density at radius 2 is 1.54 bits per heavy atom. The van der Waals surface area contributed by atoms with Crippen molar-refractivity contribution in [2.24, 2.45) is 0 Å². The van der Waals surface area contributed by atoms with Crippen molar-refractivity contribution >= 4 is 6.16 Å². The minimum atomic E-state index is -1.56. The SMILES string of the molecule is CCCCCCc1c(F)cc(OC(=O)O)c(O)c1CCCCCC. The van der Waals surface area contributed by atoms with E-state index in [0.717, 1.165) is 57.4 Å². The van der Waals surface area contributed by atoms with E-state index in [-0.39, 0.29) is 11.5 Å². The molecule has 0 saturated heterocycles. The number of carboxylic acid groups (broad SMARTS) is 1. The lowest BCUT2D eigenvalue weighted by molar-refractivity contribution is 0.142. The molecule has 0 aliphatic carbocycles. The summed E-state index contributed by atoms with van der Waals surface area (Å²) in [7, 11) is 0. The number of rotatable bonds is 11. The maximum absolute atomic E-state index is 14.4. The quantitative estimate of drug-likeness (QED) is 0.302. The minimum Gasteiger partial charge on any atom is -0.504 e. The highest BCUT2D eigenvalue weighted by Crippen LogP contribution is 2.36. The number of halogens is 1. The van der Waals surface area contributed by atoms with E-state index in [1.54, 1.807) is 0 Å². The first-order valence-corrected chi connectivity index (χ1v) is 8.95. The molecule has 0 radical (unpaired) electrons. The van der Waals surface area contributed by atoms with Gasteiger partial charge in [0.25, 0.3) is 0 Å². The van der Waals surface area contributed by atoms with Crippen molar-refractivity contribution in [3.8, 4) is 11.5 Å². The molecule has 0 spiro atoms. The highest BCUT2D eigenvalue weighted by molar-refractivity contribution is 5.64. The van der Waals surface area contributed by atoms with Gasteiger partial charge in [-0.25, -0.2) is 9.18 Å². The third kappa shape index (κ3) is 6.38. The Bertz CT molecular complexity index is 529. The number of phenolic OH excluding ortho intramolecular Hbond substituents is 1. The first-order valence-electron chi connectivity index (χ1n) is 8.95. The van der Waals surface area contributed by atoms with Gasteiger partial charge in [-0.15, -0.1) is 0 Å². The summed E-state index contributed by atoms with van der Waals surface area (Å²) in [6.45, 7) is 4.22. The lowest BCUT2D eigenvalue weighted by Gasteiger charge is -2.15. The standard InChI is InChI=1S/C19H29FO4/c1-3-5-7-9-11-14-15(12-10-8-6-4-2)18(21)17(13-16(14)20)24-19(22)23/h13,21H,3-12H2,1-2H3,(H,22,23). The largest absolute Gasteiger partial charge is 0.511 e. The van der Waals surface area contributed by atoms with Gasteiger partial charge in [0.15, 0.2) is 11.5 Å². The number of carbonyl (C=O) groups is 1. The van der Waals surface area contributed by atoms with Crippen LogP contribution in [0.15, 0.2) is 6.07 Å². The molecule has 0 bridgehead atoms. The number of hydrogen-bond acceptors (Lipinski definition) is 3. The van der Waals surface area contributed by atoms with E-state index in [1.165, 1.54) is 0 Å². The smallest absolute Gasteiger partial charge is 0.504 e. The number of benzene rings is 1. The topological polar surface area (TPSA) is 66.8 Å². The first-order chi connectivity index (χ1) is 11.5.